The Labute approximate surface area is 176 Å². The van der Waals surface area contributed by atoms with Crippen LogP contribution in [-0.4, -0.2) is 40.7 Å². The molecule has 0 atom stereocenters. The summed E-state index contributed by atoms with van der Waals surface area (Å²) in [6.45, 7) is -0.505. The molecule has 0 aromatic heterocycles. The first-order valence-electron chi connectivity index (χ1n) is 9.54. The number of nitrogens with one attached hydrogen (secondary N) is 1. The molecular formula is C24H14N2O5. The number of benzene rings is 3. The summed E-state index contributed by atoms with van der Waals surface area (Å²) in [5, 5.41) is 2.59. The van der Waals surface area contributed by atoms with E-state index in [0.717, 1.165) is 4.90 Å². The number of nitrogens with zero attached hydrogens (tertiary/aromatic N) is 1. The average Bonchev–Trinajstić information content (AvgIpc) is 3.02. The van der Waals surface area contributed by atoms with Crippen molar-refractivity contribution in [3.8, 4) is 0 Å². The zero-order valence-electron chi connectivity index (χ0n) is 16.0. The normalized spacial score (nSPS) is 14.3. The van der Waals surface area contributed by atoms with E-state index in [0.29, 0.717) is 5.56 Å². The lowest BCUT2D eigenvalue weighted by Crippen LogP contribution is -2.37. The van der Waals surface area contributed by atoms with Crippen LogP contribution in [-0.2, 0) is 4.79 Å². The van der Waals surface area contributed by atoms with E-state index in [1.165, 1.54) is 24.3 Å². The Balaban J connectivity index is 1.43. The van der Waals surface area contributed by atoms with Crippen LogP contribution in [0.15, 0.2) is 66.7 Å². The monoisotopic (exact) mass is 410 g/mol. The Morgan fingerprint density at radius 2 is 1.16 bits per heavy atom. The maximum absolute atomic E-state index is 13.0. The first-order valence-corrected chi connectivity index (χ1v) is 9.54. The Bertz CT molecular complexity index is 1310. The van der Waals surface area contributed by atoms with Gasteiger partial charge in [0.25, 0.3) is 11.8 Å². The Morgan fingerprint density at radius 3 is 1.77 bits per heavy atom. The second-order valence-electron chi connectivity index (χ2n) is 7.22. The van der Waals surface area contributed by atoms with Crippen LogP contribution < -0.4 is 5.32 Å². The van der Waals surface area contributed by atoms with Gasteiger partial charge in [-0.3, -0.25) is 28.9 Å². The van der Waals surface area contributed by atoms with Gasteiger partial charge in [-0.1, -0.05) is 48.5 Å². The van der Waals surface area contributed by atoms with Gasteiger partial charge in [0.1, 0.15) is 6.54 Å². The molecule has 0 saturated heterocycles. The van der Waals surface area contributed by atoms with Gasteiger partial charge < -0.3 is 5.32 Å². The van der Waals surface area contributed by atoms with Gasteiger partial charge in [0.15, 0.2) is 11.6 Å². The summed E-state index contributed by atoms with van der Waals surface area (Å²) in [6.07, 6.45) is 0. The standard InChI is InChI=1S/C24H14N2O5/c27-19(12-26-23(30)15-8-3-4-9-16(15)24(26)31)25-18-11-5-10-17-20(18)22(29)14-7-2-1-6-13(14)21(17)28/h1-11H,12H2,(H,25,27). The van der Waals surface area contributed by atoms with E-state index in [4.69, 9.17) is 0 Å². The molecule has 150 valence electrons. The number of carbonyl (C=O) groups excluding carboxylic acids is 5. The number of imide groups is 1. The molecule has 0 unspecified atom stereocenters. The molecule has 0 fully saturated rings. The van der Waals surface area contributed by atoms with Crippen molar-refractivity contribution in [2.75, 3.05) is 11.9 Å². The molecule has 1 heterocycles. The highest BCUT2D eigenvalue weighted by atomic mass is 16.2. The first kappa shape index (κ1) is 18.6. The van der Waals surface area contributed by atoms with Crippen LogP contribution in [0.4, 0.5) is 5.69 Å². The quantitative estimate of drug-likeness (QED) is 0.524. The summed E-state index contributed by atoms with van der Waals surface area (Å²) in [5.41, 5.74) is 1.53. The summed E-state index contributed by atoms with van der Waals surface area (Å²) in [4.78, 5) is 64.4. The van der Waals surface area contributed by atoms with Crippen LogP contribution in [0.2, 0.25) is 0 Å². The van der Waals surface area contributed by atoms with Gasteiger partial charge in [-0.25, -0.2) is 0 Å². The predicted octanol–water partition coefficient (Wildman–Crippen LogP) is 2.70. The number of hydrogen-bond donors (Lipinski definition) is 1. The van der Waals surface area contributed by atoms with Crippen molar-refractivity contribution < 1.29 is 24.0 Å². The topological polar surface area (TPSA) is 101 Å². The van der Waals surface area contributed by atoms with Gasteiger partial charge in [0.2, 0.25) is 5.91 Å². The molecule has 0 spiro atoms. The minimum absolute atomic E-state index is 0.0990. The summed E-state index contributed by atoms with van der Waals surface area (Å²) < 4.78 is 0. The molecule has 5 rings (SSSR count). The Morgan fingerprint density at radius 1 is 0.645 bits per heavy atom. The summed E-state index contributed by atoms with van der Waals surface area (Å²) in [6, 6.07) is 17.5. The third-order valence-electron chi connectivity index (χ3n) is 5.41. The van der Waals surface area contributed by atoms with Crippen LogP contribution in [0.1, 0.15) is 52.6 Å². The molecule has 3 aromatic carbocycles. The van der Waals surface area contributed by atoms with E-state index >= 15 is 0 Å². The lowest BCUT2D eigenvalue weighted by Gasteiger charge is -2.21. The van der Waals surface area contributed by atoms with E-state index in [1.807, 2.05) is 0 Å². The van der Waals surface area contributed by atoms with Crippen molar-refractivity contribution >= 4 is 35.0 Å². The maximum atomic E-state index is 13.0. The van der Waals surface area contributed by atoms with Crippen LogP contribution >= 0.6 is 0 Å². The fourth-order valence-corrected chi connectivity index (χ4v) is 3.97. The lowest BCUT2D eigenvalue weighted by molar-refractivity contribution is -0.116. The van der Waals surface area contributed by atoms with Crippen molar-refractivity contribution in [1.82, 2.24) is 4.90 Å². The molecule has 0 saturated carbocycles. The minimum atomic E-state index is -0.651. The van der Waals surface area contributed by atoms with E-state index < -0.39 is 24.3 Å². The molecule has 1 aliphatic carbocycles. The third-order valence-corrected chi connectivity index (χ3v) is 5.41. The predicted molar refractivity (Wildman–Crippen MR) is 110 cm³/mol. The zero-order valence-corrected chi connectivity index (χ0v) is 16.0. The summed E-state index contributed by atoms with van der Waals surface area (Å²) in [7, 11) is 0. The number of amides is 3. The molecule has 2 aliphatic rings. The fourth-order valence-electron chi connectivity index (χ4n) is 3.97. The molecule has 3 aromatic rings. The molecule has 1 aliphatic heterocycles. The van der Waals surface area contributed by atoms with Gasteiger partial charge >= 0.3 is 0 Å². The van der Waals surface area contributed by atoms with E-state index in [1.54, 1.807) is 42.5 Å². The van der Waals surface area contributed by atoms with Crippen molar-refractivity contribution in [2.45, 2.75) is 0 Å². The molecule has 3 amide bonds. The van der Waals surface area contributed by atoms with Crippen molar-refractivity contribution in [3.05, 3.63) is 100 Å². The smallest absolute Gasteiger partial charge is 0.262 e. The summed E-state index contributed by atoms with van der Waals surface area (Å²) in [5.74, 6) is -2.43. The number of ketones is 2. The fraction of sp³-hybridized carbons (Fsp3) is 0.0417. The van der Waals surface area contributed by atoms with Crippen LogP contribution in [0.25, 0.3) is 0 Å². The van der Waals surface area contributed by atoms with Gasteiger partial charge in [0, 0.05) is 16.7 Å². The Hall–Kier alpha value is -4.39. The average molecular weight is 410 g/mol. The summed E-state index contributed by atoms with van der Waals surface area (Å²) >= 11 is 0. The number of hydrogen-bond acceptors (Lipinski definition) is 5. The number of rotatable bonds is 3. The van der Waals surface area contributed by atoms with E-state index in [9.17, 15) is 24.0 Å². The van der Waals surface area contributed by atoms with E-state index in [2.05, 4.69) is 5.32 Å². The number of fused-ring (bicyclic) bond motifs is 3. The molecule has 0 bridgehead atoms. The first-order chi connectivity index (χ1) is 15.0. The number of carbonyl (C=O) groups is 5. The SMILES string of the molecule is O=C(CN1C(=O)c2ccccc2C1=O)Nc1cccc2c1C(=O)c1ccccc1C2=O. The molecule has 31 heavy (non-hydrogen) atoms. The molecule has 7 nitrogen and oxygen atoms in total. The van der Waals surface area contributed by atoms with Crippen LogP contribution in [0.5, 0.6) is 0 Å². The maximum Gasteiger partial charge on any atom is 0.262 e. The zero-order chi connectivity index (χ0) is 21.7. The lowest BCUT2D eigenvalue weighted by atomic mass is 9.83. The van der Waals surface area contributed by atoms with Gasteiger partial charge in [-0.2, -0.15) is 0 Å². The molecule has 0 radical (unpaired) electrons. The molecular weight excluding hydrogens is 396 g/mol. The van der Waals surface area contributed by atoms with Gasteiger partial charge in [-0.05, 0) is 18.2 Å². The third kappa shape index (κ3) is 2.78. The second-order valence-corrected chi connectivity index (χ2v) is 7.22. The second kappa shape index (κ2) is 6.84. The highest BCUT2D eigenvalue weighted by Gasteiger charge is 2.37. The van der Waals surface area contributed by atoms with Crippen LogP contribution in [0.3, 0.4) is 0 Å². The van der Waals surface area contributed by atoms with Crippen molar-refractivity contribution in [1.29, 1.82) is 0 Å². The van der Waals surface area contributed by atoms with Crippen LogP contribution in [0, 0.1) is 0 Å². The molecule has 1 N–H and O–H groups in total. The minimum Gasteiger partial charge on any atom is -0.324 e. The van der Waals surface area contributed by atoms with E-state index in [-0.39, 0.29) is 45.1 Å². The van der Waals surface area contributed by atoms with Crippen molar-refractivity contribution in [2.24, 2.45) is 0 Å². The van der Waals surface area contributed by atoms with Gasteiger partial charge in [0.05, 0.1) is 22.4 Å². The number of anilines is 1. The highest BCUT2D eigenvalue weighted by Crippen LogP contribution is 2.32. The highest BCUT2D eigenvalue weighted by molar-refractivity contribution is 6.30. The largest absolute Gasteiger partial charge is 0.324 e. The van der Waals surface area contributed by atoms with Crippen molar-refractivity contribution in [3.63, 3.8) is 0 Å². The van der Waals surface area contributed by atoms with Gasteiger partial charge in [-0.15, -0.1) is 0 Å². The Kier molecular flexibility index (Phi) is 4.11. The molecule has 7 heteroatoms.